The molecule has 1 aliphatic rings. The molecule has 0 spiro atoms. The molecule has 0 saturated carbocycles. The summed E-state index contributed by atoms with van der Waals surface area (Å²) >= 11 is 3.54. The zero-order valence-corrected chi connectivity index (χ0v) is 13.0. The van der Waals surface area contributed by atoms with Crippen LogP contribution in [0.15, 0.2) is 5.38 Å². The molecule has 0 radical (unpaired) electrons. The van der Waals surface area contributed by atoms with E-state index in [-0.39, 0.29) is 0 Å². The Morgan fingerprint density at radius 3 is 3.00 bits per heavy atom. The largest absolute Gasteiger partial charge is 0.309 e. The molecule has 1 aliphatic carbocycles. The highest BCUT2D eigenvalue weighted by Gasteiger charge is 2.25. The SMILES string of the molecule is CCCNC1CCCc2sc(-c3nc(C)cs3)nc21. The van der Waals surface area contributed by atoms with Gasteiger partial charge >= 0.3 is 0 Å². The van der Waals surface area contributed by atoms with Crippen molar-refractivity contribution in [1.29, 1.82) is 0 Å². The third kappa shape index (κ3) is 2.73. The van der Waals surface area contributed by atoms with Crippen molar-refractivity contribution < 1.29 is 0 Å². The first kappa shape index (κ1) is 13.2. The smallest absolute Gasteiger partial charge is 0.152 e. The van der Waals surface area contributed by atoms with Gasteiger partial charge in [0.05, 0.1) is 11.7 Å². The van der Waals surface area contributed by atoms with E-state index in [4.69, 9.17) is 4.98 Å². The zero-order chi connectivity index (χ0) is 13.2. The van der Waals surface area contributed by atoms with E-state index < -0.39 is 0 Å². The number of thiazole rings is 2. The van der Waals surface area contributed by atoms with E-state index in [1.807, 2.05) is 18.3 Å². The predicted octanol–water partition coefficient (Wildman–Crippen LogP) is 3.95. The molecule has 0 saturated heterocycles. The van der Waals surface area contributed by atoms with Crippen LogP contribution in [0.5, 0.6) is 0 Å². The normalized spacial score (nSPS) is 18.5. The minimum Gasteiger partial charge on any atom is -0.309 e. The summed E-state index contributed by atoms with van der Waals surface area (Å²) in [5.74, 6) is 0. The summed E-state index contributed by atoms with van der Waals surface area (Å²) in [6.07, 6.45) is 4.84. The first-order valence-corrected chi connectivity index (χ1v) is 8.63. The molecule has 0 aromatic carbocycles. The number of rotatable bonds is 4. The molecule has 0 aliphatic heterocycles. The lowest BCUT2D eigenvalue weighted by Gasteiger charge is -2.21. The third-order valence-electron chi connectivity index (χ3n) is 3.40. The average Bonchev–Trinajstić information content (AvgIpc) is 3.02. The quantitative estimate of drug-likeness (QED) is 0.927. The van der Waals surface area contributed by atoms with Crippen molar-refractivity contribution in [2.75, 3.05) is 6.54 Å². The summed E-state index contributed by atoms with van der Waals surface area (Å²) in [7, 11) is 0. The van der Waals surface area contributed by atoms with Crippen LogP contribution in [0.25, 0.3) is 10.0 Å². The van der Waals surface area contributed by atoms with E-state index >= 15 is 0 Å². The molecule has 2 aromatic rings. The maximum Gasteiger partial charge on any atom is 0.152 e. The Morgan fingerprint density at radius 2 is 2.26 bits per heavy atom. The van der Waals surface area contributed by atoms with Crippen LogP contribution in [0.3, 0.4) is 0 Å². The van der Waals surface area contributed by atoms with Gasteiger partial charge in [-0.05, 0) is 39.2 Å². The van der Waals surface area contributed by atoms with Crippen molar-refractivity contribution in [3.63, 3.8) is 0 Å². The molecule has 5 heteroatoms. The Morgan fingerprint density at radius 1 is 1.37 bits per heavy atom. The molecule has 102 valence electrons. The molecule has 2 heterocycles. The number of nitrogens with one attached hydrogen (secondary N) is 1. The number of aryl methyl sites for hydroxylation is 2. The monoisotopic (exact) mass is 293 g/mol. The fourth-order valence-corrected chi connectivity index (χ4v) is 4.48. The van der Waals surface area contributed by atoms with E-state index in [0.29, 0.717) is 6.04 Å². The molecule has 19 heavy (non-hydrogen) atoms. The van der Waals surface area contributed by atoms with Crippen LogP contribution in [0.1, 0.15) is 48.5 Å². The third-order valence-corrected chi connectivity index (χ3v) is 5.63. The van der Waals surface area contributed by atoms with Crippen molar-refractivity contribution in [3.8, 4) is 10.0 Å². The van der Waals surface area contributed by atoms with Crippen molar-refractivity contribution >= 4 is 22.7 Å². The molecule has 3 rings (SSSR count). The topological polar surface area (TPSA) is 37.8 Å². The van der Waals surface area contributed by atoms with E-state index in [9.17, 15) is 0 Å². The lowest BCUT2D eigenvalue weighted by molar-refractivity contribution is 0.454. The molecule has 1 atom stereocenters. The standard InChI is InChI=1S/C14H19N3S2/c1-3-7-15-10-5-4-6-11-12(10)17-14(19-11)13-16-9(2)8-18-13/h8,10,15H,3-7H2,1-2H3. The number of hydrogen-bond acceptors (Lipinski definition) is 5. The van der Waals surface area contributed by atoms with Gasteiger partial charge in [0.2, 0.25) is 0 Å². The highest BCUT2D eigenvalue weighted by Crippen LogP contribution is 2.37. The lowest BCUT2D eigenvalue weighted by Crippen LogP contribution is -2.25. The van der Waals surface area contributed by atoms with Crippen molar-refractivity contribution in [2.45, 2.75) is 45.6 Å². The van der Waals surface area contributed by atoms with E-state index in [1.165, 1.54) is 36.3 Å². The van der Waals surface area contributed by atoms with Crippen LogP contribution < -0.4 is 5.32 Å². The predicted molar refractivity (Wildman–Crippen MR) is 81.9 cm³/mol. The van der Waals surface area contributed by atoms with Crippen molar-refractivity contribution in [1.82, 2.24) is 15.3 Å². The molecule has 0 bridgehead atoms. The van der Waals surface area contributed by atoms with Gasteiger partial charge in [0.1, 0.15) is 0 Å². The highest BCUT2D eigenvalue weighted by molar-refractivity contribution is 7.20. The Hall–Kier alpha value is -0.780. The zero-order valence-electron chi connectivity index (χ0n) is 11.4. The van der Waals surface area contributed by atoms with Crippen LogP contribution in [0.4, 0.5) is 0 Å². The van der Waals surface area contributed by atoms with Crippen LogP contribution in [-0.2, 0) is 6.42 Å². The fourth-order valence-electron chi connectivity index (χ4n) is 2.48. The summed E-state index contributed by atoms with van der Waals surface area (Å²) < 4.78 is 0. The Kier molecular flexibility index (Phi) is 3.96. The van der Waals surface area contributed by atoms with E-state index in [0.717, 1.165) is 22.3 Å². The Labute approximate surface area is 122 Å². The van der Waals surface area contributed by atoms with Crippen LogP contribution in [0, 0.1) is 6.92 Å². The minimum atomic E-state index is 0.453. The second-order valence-corrected chi connectivity index (χ2v) is 6.96. The molecular formula is C14H19N3S2. The summed E-state index contributed by atoms with van der Waals surface area (Å²) in [5, 5.41) is 7.90. The van der Waals surface area contributed by atoms with Gasteiger partial charge in [-0.3, -0.25) is 0 Å². The van der Waals surface area contributed by atoms with Crippen molar-refractivity contribution in [3.05, 3.63) is 21.6 Å². The minimum absolute atomic E-state index is 0.453. The highest BCUT2D eigenvalue weighted by atomic mass is 32.1. The first-order chi connectivity index (χ1) is 9.28. The second-order valence-electron chi connectivity index (χ2n) is 5.02. The van der Waals surface area contributed by atoms with Crippen LogP contribution in [-0.4, -0.2) is 16.5 Å². The fraction of sp³-hybridized carbons (Fsp3) is 0.571. The van der Waals surface area contributed by atoms with Gasteiger partial charge in [0, 0.05) is 16.0 Å². The summed E-state index contributed by atoms with van der Waals surface area (Å²) in [4.78, 5) is 10.9. The van der Waals surface area contributed by atoms with Crippen LogP contribution in [0.2, 0.25) is 0 Å². The van der Waals surface area contributed by atoms with E-state index in [1.54, 1.807) is 11.3 Å². The first-order valence-electron chi connectivity index (χ1n) is 6.93. The lowest BCUT2D eigenvalue weighted by atomic mass is 9.97. The number of nitrogens with zero attached hydrogens (tertiary/aromatic N) is 2. The van der Waals surface area contributed by atoms with Crippen LogP contribution >= 0.6 is 22.7 Å². The van der Waals surface area contributed by atoms with Gasteiger partial charge in [-0.25, -0.2) is 9.97 Å². The Bertz CT molecular complexity index is 559. The average molecular weight is 293 g/mol. The summed E-state index contributed by atoms with van der Waals surface area (Å²) in [5.41, 5.74) is 2.38. The maximum absolute atomic E-state index is 4.87. The maximum atomic E-state index is 4.87. The summed E-state index contributed by atoms with van der Waals surface area (Å²) in [6.45, 7) is 5.33. The molecule has 0 fully saturated rings. The van der Waals surface area contributed by atoms with Gasteiger partial charge in [-0.1, -0.05) is 6.92 Å². The Balaban J connectivity index is 1.88. The molecule has 2 aromatic heterocycles. The van der Waals surface area contributed by atoms with Gasteiger partial charge in [0.15, 0.2) is 10.0 Å². The summed E-state index contributed by atoms with van der Waals surface area (Å²) in [6, 6.07) is 0.453. The van der Waals surface area contributed by atoms with Gasteiger partial charge in [0.25, 0.3) is 0 Å². The molecular weight excluding hydrogens is 274 g/mol. The van der Waals surface area contributed by atoms with E-state index in [2.05, 4.69) is 22.6 Å². The molecule has 1 N–H and O–H groups in total. The second kappa shape index (κ2) is 5.69. The number of aromatic nitrogens is 2. The van der Waals surface area contributed by atoms with Crippen molar-refractivity contribution in [2.24, 2.45) is 0 Å². The molecule has 1 unspecified atom stereocenters. The van der Waals surface area contributed by atoms with Gasteiger partial charge < -0.3 is 5.32 Å². The molecule has 0 amide bonds. The molecule has 3 nitrogen and oxygen atoms in total. The number of fused-ring (bicyclic) bond motifs is 1. The number of hydrogen-bond donors (Lipinski definition) is 1. The van der Waals surface area contributed by atoms with Gasteiger partial charge in [-0.2, -0.15) is 0 Å². The van der Waals surface area contributed by atoms with Gasteiger partial charge in [-0.15, -0.1) is 22.7 Å².